The van der Waals surface area contributed by atoms with Gasteiger partial charge in [-0.15, -0.1) is 21.5 Å². The van der Waals surface area contributed by atoms with Gasteiger partial charge in [0.05, 0.1) is 67.7 Å². The number of thiazole rings is 1. The van der Waals surface area contributed by atoms with Gasteiger partial charge in [-0.3, -0.25) is 19.2 Å². The number of nitrogens with zero attached hydrogens (tertiary/aromatic N) is 5. The Hall–Kier alpha value is -6.47. The summed E-state index contributed by atoms with van der Waals surface area (Å²) in [4.78, 5) is 62.5. The van der Waals surface area contributed by atoms with Crippen LogP contribution in [0, 0.1) is 12.3 Å². The van der Waals surface area contributed by atoms with Crippen LogP contribution in [0.3, 0.4) is 0 Å². The standard InChI is InChI=1S/C51H64N8O9S/c1-32(34-16-18-36(19-17-34)46-33(2)53-31-69-46)54-49(64)41-26-38(60)29-59(41)50(65)47(51(3,4)5)55-44(62)20-22-66-24-25-67-23-21-45(63)58(6)28-37(35-12-8-7-9-13-35)30-68-43-27-40(56-57-48(43)52)39-14-10-11-15-42(39)61/h7-19,27,31-32,37-38,41,47,60-61H,20-26,28-30H2,1-6H3,(H2,52,57)(H,54,64)(H,55,62)/t32?,37?,38-,41+,47?/m1/s1. The lowest BCUT2D eigenvalue weighted by Crippen LogP contribution is -2.58. The van der Waals surface area contributed by atoms with Crippen LogP contribution in [0.1, 0.15) is 75.7 Å². The number of aromatic nitrogens is 3. The van der Waals surface area contributed by atoms with Crippen molar-refractivity contribution in [2.24, 2.45) is 5.41 Å². The predicted octanol–water partition coefficient (Wildman–Crippen LogP) is 5.67. The Morgan fingerprint density at radius 2 is 1.59 bits per heavy atom. The highest BCUT2D eigenvalue weighted by molar-refractivity contribution is 7.13. The van der Waals surface area contributed by atoms with Gasteiger partial charge in [-0.2, -0.15) is 0 Å². The number of nitrogens with two attached hydrogens (primary N) is 1. The lowest BCUT2D eigenvalue weighted by Gasteiger charge is -2.35. The molecule has 2 aromatic heterocycles. The van der Waals surface area contributed by atoms with E-state index in [4.69, 9.17) is 19.9 Å². The average molecular weight is 965 g/mol. The molecule has 69 heavy (non-hydrogen) atoms. The first kappa shape index (κ1) is 51.9. The number of benzene rings is 3. The maximum atomic E-state index is 14.1. The molecule has 1 aliphatic rings. The van der Waals surface area contributed by atoms with Crippen molar-refractivity contribution in [1.29, 1.82) is 0 Å². The molecule has 0 radical (unpaired) electrons. The van der Waals surface area contributed by atoms with E-state index in [0.29, 0.717) is 23.6 Å². The second-order valence-corrected chi connectivity index (χ2v) is 19.2. The highest BCUT2D eigenvalue weighted by Gasteiger charge is 2.44. The summed E-state index contributed by atoms with van der Waals surface area (Å²) >= 11 is 1.57. The summed E-state index contributed by atoms with van der Waals surface area (Å²) in [5, 5.41) is 35.0. The molecule has 6 N–H and O–H groups in total. The number of amides is 4. The number of β-amino-alcohol motifs (C(OH)–C–C–N with tert-alkyl or cyclic N) is 1. The topological polar surface area (TPSA) is 232 Å². The van der Waals surface area contributed by atoms with Gasteiger partial charge in [0.15, 0.2) is 11.6 Å². The third-order valence-corrected chi connectivity index (χ3v) is 12.9. The fraction of sp³-hybridized carbons (Fsp3) is 0.431. The second-order valence-electron chi connectivity index (χ2n) is 18.3. The average Bonchev–Trinajstić information content (AvgIpc) is 3.95. The monoisotopic (exact) mass is 964 g/mol. The number of carbonyl (C=O) groups is 4. The van der Waals surface area contributed by atoms with Crippen LogP contribution < -0.4 is 21.1 Å². The van der Waals surface area contributed by atoms with Gasteiger partial charge in [0, 0.05) is 50.5 Å². The number of nitrogens with one attached hydrogen (secondary N) is 2. The van der Waals surface area contributed by atoms with E-state index in [1.165, 1.54) is 4.90 Å². The van der Waals surface area contributed by atoms with Crippen molar-refractivity contribution in [3.63, 3.8) is 0 Å². The zero-order chi connectivity index (χ0) is 49.7. The van der Waals surface area contributed by atoms with E-state index in [2.05, 4.69) is 25.8 Å². The minimum atomic E-state index is -0.970. The Bertz CT molecular complexity index is 2500. The van der Waals surface area contributed by atoms with Crippen molar-refractivity contribution in [2.45, 2.75) is 84.0 Å². The number of ether oxygens (including phenoxy) is 3. The molecule has 0 bridgehead atoms. The Kier molecular flexibility index (Phi) is 18.2. The molecule has 1 fully saturated rings. The van der Waals surface area contributed by atoms with E-state index in [0.717, 1.165) is 27.3 Å². The number of likely N-dealkylation sites (tertiary alicyclic amines) is 1. The normalized spacial score (nSPS) is 16.1. The van der Waals surface area contributed by atoms with E-state index in [-0.39, 0.29) is 94.2 Å². The molecule has 4 amide bonds. The van der Waals surface area contributed by atoms with Gasteiger partial charge < -0.3 is 50.6 Å². The summed E-state index contributed by atoms with van der Waals surface area (Å²) in [7, 11) is 1.72. The van der Waals surface area contributed by atoms with Gasteiger partial charge in [-0.25, -0.2) is 4.98 Å². The van der Waals surface area contributed by atoms with Crippen LogP contribution >= 0.6 is 11.3 Å². The maximum Gasteiger partial charge on any atom is 0.246 e. The lowest BCUT2D eigenvalue weighted by molar-refractivity contribution is -0.144. The highest BCUT2D eigenvalue weighted by Crippen LogP contribution is 2.33. The quantitative estimate of drug-likeness (QED) is 0.0528. The van der Waals surface area contributed by atoms with Crippen LogP contribution in [-0.4, -0.2) is 130 Å². The van der Waals surface area contributed by atoms with Crippen LogP contribution in [0.15, 0.2) is 90.4 Å². The molecular weight excluding hydrogens is 901 g/mol. The third-order valence-electron chi connectivity index (χ3n) is 12.0. The number of likely N-dealkylation sites (N-methyl/N-ethyl adjacent to an activating group) is 1. The molecule has 0 saturated carbocycles. The number of aryl methyl sites for hydroxylation is 1. The van der Waals surface area contributed by atoms with Crippen molar-refractivity contribution in [2.75, 3.05) is 58.9 Å². The Morgan fingerprint density at radius 3 is 2.26 bits per heavy atom. The van der Waals surface area contributed by atoms with Crippen LogP contribution in [0.2, 0.25) is 0 Å². The molecule has 3 heterocycles. The summed E-state index contributed by atoms with van der Waals surface area (Å²) in [6, 6.07) is 23.7. The van der Waals surface area contributed by atoms with Crippen molar-refractivity contribution < 1.29 is 43.6 Å². The molecule has 1 saturated heterocycles. The number of hydrogen-bond acceptors (Lipinski definition) is 14. The minimum Gasteiger partial charge on any atom is -0.507 e. The summed E-state index contributed by atoms with van der Waals surface area (Å²) in [6.07, 6.45) is -0.706. The van der Waals surface area contributed by atoms with Gasteiger partial charge in [0.25, 0.3) is 0 Å². The highest BCUT2D eigenvalue weighted by atomic mass is 32.1. The van der Waals surface area contributed by atoms with Crippen molar-refractivity contribution in [1.82, 2.24) is 35.6 Å². The number of aromatic hydroxyl groups is 1. The first-order valence-electron chi connectivity index (χ1n) is 23.1. The van der Waals surface area contributed by atoms with Gasteiger partial charge in [-0.05, 0) is 48.1 Å². The number of para-hydroxylation sites is 1. The van der Waals surface area contributed by atoms with E-state index >= 15 is 0 Å². The lowest BCUT2D eigenvalue weighted by atomic mass is 9.85. The van der Waals surface area contributed by atoms with Gasteiger partial charge >= 0.3 is 0 Å². The minimum absolute atomic E-state index is 0.0249. The molecule has 368 valence electrons. The third kappa shape index (κ3) is 14.3. The number of rotatable bonds is 22. The SMILES string of the molecule is Cc1ncsc1-c1ccc(C(C)NC(=O)[C@@H]2C[C@@H](O)CN2C(=O)C(NC(=O)CCOCCOCCC(=O)N(C)CC(COc2cc(-c3ccccc3O)nnc2N)c2ccccc2)C(C)(C)C)cc1. The number of carbonyl (C=O) groups excluding carboxylic acids is 4. The first-order valence-corrected chi connectivity index (χ1v) is 24.0. The molecule has 5 atom stereocenters. The number of phenolic OH excluding ortho intramolecular Hbond substituents is 1. The number of phenols is 1. The summed E-state index contributed by atoms with van der Waals surface area (Å²) < 4.78 is 17.5. The number of aliphatic hydroxyl groups is 1. The molecular formula is C51H64N8O9S. The second kappa shape index (κ2) is 24.2. The fourth-order valence-electron chi connectivity index (χ4n) is 8.01. The van der Waals surface area contributed by atoms with Crippen LogP contribution in [0.4, 0.5) is 5.82 Å². The van der Waals surface area contributed by atoms with Gasteiger partial charge in [0.1, 0.15) is 23.5 Å². The summed E-state index contributed by atoms with van der Waals surface area (Å²) in [5.74, 6) is -1.12. The van der Waals surface area contributed by atoms with E-state index in [1.807, 2.05) is 94.7 Å². The van der Waals surface area contributed by atoms with Gasteiger partial charge in [-0.1, -0.05) is 87.5 Å². The molecule has 0 spiro atoms. The maximum absolute atomic E-state index is 14.1. The molecule has 3 unspecified atom stereocenters. The number of nitrogen functional groups attached to an aromatic ring is 1. The first-order chi connectivity index (χ1) is 33.0. The molecule has 6 rings (SSSR count). The van der Waals surface area contributed by atoms with Crippen LogP contribution in [0.25, 0.3) is 21.7 Å². The van der Waals surface area contributed by atoms with Crippen LogP contribution in [0.5, 0.6) is 11.5 Å². The smallest absolute Gasteiger partial charge is 0.246 e. The summed E-state index contributed by atoms with van der Waals surface area (Å²) in [6.45, 7) is 10.4. The van der Waals surface area contributed by atoms with Crippen molar-refractivity contribution in [3.8, 4) is 33.2 Å². The van der Waals surface area contributed by atoms with Crippen molar-refractivity contribution in [3.05, 3.63) is 107 Å². The summed E-state index contributed by atoms with van der Waals surface area (Å²) in [5.41, 5.74) is 12.0. The molecule has 1 aliphatic heterocycles. The van der Waals surface area contributed by atoms with Crippen molar-refractivity contribution >= 4 is 40.8 Å². The van der Waals surface area contributed by atoms with E-state index in [1.54, 1.807) is 53.6 Å². The number of anilines is 1. The molecule has 3 aromatic carbocycles. The zero-order valence-corrected chi connectivity index (χ0v) is 40.9. The largest absolute Gasteiger partial charge is 0.507 e. The predicted molar refractivity (Wildman–Crippen MR) is 263 cm³/mol. The molecule has 18 heteroatoms. The Morgan fingerprint density at radius 1 is 0.913 bits per heavy atom. The fourth-order valence-corrected chi connectivity index (χ4v) is 8.82. The van der Waals surface area contributed by atoms with E-state index in [9.17, 15) is 29.4 Å². The van der Waals surface area contributed by atoms with Crippen LogP contribution in [-0.2, 0) is 28.7 Å². The molecule has 17 nitrogen and oxygen atoms in total. The van der Waals surface area contributed by atoms with E-state index < -0.39 is 35.4 Å². The number of hydrogen-bond donors (Lipinski definition) is 5. The Labute approximate surface area is 407 Å². The Balaban J connectivity index is 0.910. The van der Waals surface area contributed by atoms with Gasteiger partial charge in [0.2, 0.25) is 23.6 Å². The molecule has 5 aromatic rings. The molecule has 0 aliphatic carbocycles. The zero-order valence-electron chi connectivity index (χ0n) is 40.1. The number of aliphatic hydroxyl groups excluding tert-OH is 1.